The van der Waals surface area contributed by atoms with Crippen molar-refractivity contribution in [1.82, 2.24) is 0 Å². The van der Waals surface area contributed by atoms with Crippen LogP contribution in [0.15, 0.2) is 12.1 Å². The Morgan fingerprint density at radius 1 is 1.00 bits per heavy atom. The SMILES string of the molecule is CC(C)c1ccc2c(c1C(C)C)CCCC2=O. The van der Waals surface area contributed by atoms with E-state index < -0.39 is 0 Å². The summed E-state index contributed by atoms with van der Waals surface area (Å²) in [6.45, 7) is 8.94. The highest BCUT2D eigenvalue weighted by molar-refractivity contribution is 5.99. The molecule has 0 saturated heterocycles. The fourth-order valence-electron chi connectivity index (χ4n) is 2.96. The molecule has 0 spiro atoms. The summed E-state index contributed by atoms with van der Waals surface area (Å²) in [6, 6.07) is 4.22. The van der Waals surface area contributed by atoms with Gasteiger partial charge in [0, 0.05) is 12.0 Å². The second-order valence-corrected chi connectivity index (χ2v) is 5.68. The Hall–Kier alpha value is -1.11. The molecule has 17 heavy (non-hydrogen) atoms. The van der Waals surface area contributed by atoms with Crippen LogP contribution in [0.1, 0.15) is 79.4 Å². The second-order valence-electron chi connectivity index (χ2n) is 5.68. The van der Waals surface area contributed by atoms with E-state index in [0.29, 0.717) is 17.6 Å². The van der Waals surface area contributed by atoms with Gasteiger partial charge in [-0.1, -0.05) is 39.8 Å². The first-order valence-corrected chi connectivity index (χ1v) is 6.71. The Labute approximate surface area is 104 Å². The smallest absolute Gasteiger partial charge is 0.163 e. The molecule has 0 aromatic heterocycles. The van der Waals surface area contributed by atoms with Gasteiger partial charge in [-0.2, -0.15) is 0 Å². The first-order valence-electron chi connectivity index (χ1n) is 6.71. The maximum Gasteiger partial charge on any atom is 0.163 e. The molecule has 1 nitrogen and oxygen atoms in total. The number of benzene rings is 1. The molecule has 0 radical (unpaired) electrons. The molecule has 1 aliphatic rings. The number of fused-ring (bicyclic) bond motifs is 1. The van der Waals surface area contributed by atoms with Crippen LogP contribution in [0.2, 0.25) is 0 Å². The van der Waals surface area contributed by atoms with Crippen molar-refractivity contribution in [2.75, 3.05) is 0 Å². The fourth-order valence-corrected chi connectivity index (χ4v) is 2.96. The van der Waals surface area contributed by atoms with E-state index in [4.69, 9.17) is 0 Å². The average Bonchev–Trinajstić information content (AvgIpc) is 2.27. The molecule has 0 saturated carbocycles. The third-order valence-corrected chi connectivity index (χ3v) is 3.72. The molecule has 1 aromatic carbocycles. The summed E-state index contributed by atoms with van der Waals surface area (Å²) in [5.41, 5.74) is 5.19. The van der Waals surface area contributed by atoms with Gasteiger partial charge in [-0.25, -0.2) is 0 Å². The van der Waals surface area contributed by atoms with E-state index in [9.17, 15) is 4.79 Å². The van der Waals surface area contributed by atoms with Crippen LogP contribution in [0.4, 0.5) is 0 Å². The first-order chi connectivity index (χ1) is 8.02. The lowest BCUT2D eigenvalue weighted by molar-refractivity contribution is 0.0972. The topological polar surface area (TPSA) is 17.1 Å². The quantitative estimate of drug-likeness (QED) is 0.733. The van der Waals surface area contributed by atoms with Gasteiger partial charge < -0.3 is 0 Å². The number of ketones is 1. The number of carbonyl (C=O) groups excluding carboxylic acids is 1. The lowest BCUT2D eigenvalue weighted by atomic mass is 9.79. The highest BCUT2D eigenvalue weighted by Crippen LogP contribution is 2.34. The molecule has 0 amide bonds. The van der Waals surface area contributed by atoms with Crippen LogP contribution in [0.25, 0.3) is 0 Å². The molecule has 2 rings (SSSR count). The molecule has 1 aromatic rings. The average molecular weight is 230 g/mol. The highest BCUT2D eigenvalue weighted by Gasteiger charge is 2.23. The van der Waals surface area contributed by atoms with Gasteiger partial charge in [-0.05, 0) is 41.4 Å². The minimum Gasteiger partial charge on any atom is -0.294 e. The lowest BCUT2D eigenvalue weighted by Gasteiger charge is -2.25. The van der Waals surface area contributed by atoms with E-state index >= 15 is 0 Å². The van der Waals surface area contributed by atoms with Crippen LogP contribution in [-0.2, 0) is 6.42 Å². The van der Waals surface area contributed by atoms with Crippen LogP contribution >= 0.6 is 0 Å². The first kappa shape index (κ1) is 12.3. The summed E-state index contributed by atoms with van der Waals surface area (Å²) in [5.74, 6) is 1.38. The maximum atomic E-state index is 11.9. The van der Waals surface area contributed by atoms with E-state index in [-0.39, 0.29) is 0 Å². The molecule has 92 valence electrons. The molecular weight excluding hydrogens is 208 g/mol. The Balaban J connectivity index is 2.65. The molecule has 0 heterocycles. The van der Waals surface area contributed by atoms with Gasteiger partial charge in [-0.3, -0.25) is 4.79 Å². The third-order valence-electron chi connectivity index (χ3n) is 3.72. The summed E-state index contributed by atoms with van der Waals surface area (Å²) in [7, 11) is 0. The van der Waals surface area contributed by atoms with E-state index in [2.05, 4.69) is 39.8 Å². The van der Waals surface area contributed by atoms with Crippen LogP contribution in [0, 0.1) is 0 Å². The van der Waals surface area contributed by atoms with Crippen molar-refractivity contribution in [1.29, 1.82) is 0 Å². The summed E-state index contributed by atoms with van der Waals surface area (Å²) in [4.78, 5) is 11.9. The van der Waals surface area contributed by atoms with Crippen molar-refractivity contribution < 1.29 is 4.79 Å². The fraction of sp³-hybridized carbons (Fsp3) is 0.562. The van der Waals surface area contributed by atoms with Crippen LogP contribution in [0.5, 0.6) is 0 Å². The van der Waals surface area contributed by atoms with Gasteiger partial charge in [0.25, 0.3) is 0 Å². The monoisotopic (exact) mass is 230 g/mol. The van der Waals surface area contributed by atoms with Gasteiger partial charge in [0.05, 0.1) is 0 Å². The number of rotatable bonds is 2. The van der Waals surface area contributed by atoms with Gasteiger partial charge in [0.15, 0.2) is 5.78 Å². The molecule has 0 N–H and O–H groups in total. The zero-order chi connectivity index (χ0) is 12.6. The molecule has 0 fully saturated rings. The zero-order valence-corrected chi connectivity index (χ0v) is 11.3. The summed E-state index contributed by atoms with van der Waals surface area (Å²) in [5, 5.41) is 0. The van der Waals surface area contributed by atoms with E-state index in [1.165, 1.54) is 16.7 Å². The predicted molar refractivity (Wildman–Crippen MR) is 71.9 cm³/mol. The van der Waals surface area contributed by atoms with Gasteiger partial charge >= 0.3 is 0 Å². The summed E-state index contributed by atoms with van der Waals surface area (Å²) < 4.78 is 0. The number of hydrogen-bond acceptors (Lipinski definition) is 1. The van der Waals surface area contributed by atoms with Crippen molar-refractivity contribution in [3.05, 3.63) is 34.4 Å². The van der Waals surface area contributed by atoms with Gasteiger partial charge in [-0.15, -0.1) is 0 Å². The van der Waals surface area contributed by atoms with Gasteiger partial charge in [0.2, 0.25) is 0 Å². The summed E-state index contributed by atoms with van der Waals surface area (Å²) >= 11 is 0. The van der Waals surface area contributed by atoms with E-state index in [1.54, 1.807) is 0 Å². The molecule has 0 aliphatic heterocycles. The van der Waals surface area contributed by atoms with E-state index in [0.717, 1.165) is 24.8 Å². The van der Waals surface area contributed by atoms with Crippen molar-refractivity contribution in [3.63, 3.8) is 0 Å². The number of hydrogen-bond donors (Lipinski definition) is 0. The van der Waals surface area contributed by atoms with Crippen LogP contribution < -0.4 is 0 Å². The van der Waals surface area contributed by atoms with Crippen molar-refractivity contribution in [3.8, 4) is 0 Å². The Morgan fingerprint density at radius 3 is 2.29 bits per heavy atom. The lowest BCUT2D eigenvalue weighted by Crippen LogP contribution is -2.15. The minimum absolute atomic E-state index is 0.337. The Bertz CT molecular complexity index is 441. The Morgan fingerprint density at radius 2 is 1.71 bits per heavy atom. The Kier molecular flexibility index (Phi) is 3.37. The number of Topliss-reactive ketones (excluding diaryl/α,β-unsaturated/α-hetero) is 1. The molecule has 0 bridgehead atoms. The van der Waals surface area contributed by atoms with E-state index in [1.807, 2.05) is 0 Å². The largest absolute Gasteiger partial charge is 0.294 e. The normalized spacial score (nSPS) is 15.5. The highest BCUT2D eigenvalue weighted by atomic mass is 16.1. The molecule has 1 aliphatic carbocycles. The molecule has 1 heteroatoms. The van der Waals surface area contributed by atoms with Crippen molar-refractivity contribution in [2.24, 2.45) is 0 Å². The van der Waals surface area contributed by atoms with Crippen LogP contribution in [0.3, 0.4) is 0 Å². The third kappa shape index (κ3) is 2.15. The minimum atomic E-state index is 0.337. The van der Waals surface area contributed by atoms with Crippen molar-refractivity contribution in [2.45, 2.75) is 58.8 Å². The van der Waals surface area contributed by atoms with Crippen LogP contribution in [-0.4, -0.2) is 5.78 Å². The maximum absolute atomic E-state index is 11.9. The molecule has 0 unspecified atom stereocenters. The summed E-state index contributed by atoms with van der Waals surface area (Å²) in [6.07, 6.45) is 2.83. The zero-order valence-electron chi connectivity index (χ0n) is 11.3. The second kappa shape index (κ2) is 4.64. The van der Waals surface area contributed by atoms with Gasteiger partial charge in [0.1, 0.15) is 0 Å². The standard InChI is InChI=1S/C16H22O/c1-10(2)12-8-9-13-14(16(12)11(3)4)6-5-7-15(13)17/h8-11H,5-7H2,1-4H3. The molecule has 0 atom stereocenters. The molecular formula is C16H22O. The number of carbonyl (C=O) groups is 1. The predicted octanol–water partition coefficient (Wildman–Crippen LogP) is 4.45. The van der Waals surface area contributed by atoms with Crippen molar-refractivity contribution >= 4 is 5.78 Å².